The van der Waals surface area contributed by atoms with Gasteiger partial charge in [-0.1, -0.05) is 11.8 Å². The van der Waals surface area contributed by atoms with Crippen LogP contribution in [-0.4, -0.2) is 40.1 Å². The van der Waals surface area contributed by atoms with Gasteiger partial charge in [0.2, 0.25) is 11.8 Å². The van der Waals surface area contributed by atoms with Gasteiger partial charge in [0.15, 0.2) is 5.16 Å². The minimum atomic E-state index is -0.587. The summed E-state index contributed by atoms with van der Waals surface area (Å²) in [5.41, 5.74) is -0.270. The maximum absolute atomic E-state index is 11.6. The highest BCUT2D eigenvalue weighted by Crippen LogP contribution is 2.08. The molecule has 0 fully saturated rings. The van der Waals surface area contributed by atoms with E-state index in [2.05, 4.69) is 20.6 Å². The molecule has 0 aliphatic carbocycles. The number of rotatable bonds is 6. The van der Waals surface area contributed by atoms with Crippen molar-refractivity contribution in [3.63, 3.8) is 0 Å². The summed E-state index contributed by atoms with van der Waals surface area (Å²) in [7, 11) is 0. The van der Waals surface area contributed by atoms with E-state index in [1.807, 2.05) is 0 Å². The normalized spacial score (nSPS) is 11.7. The highest BCUT2D eigenvalue weighted by atomic mass is 32.2. The quantitative estimate of drug-likeness (QED) is 0.483. The molecule has 0 unspecified atom stereocenters. The van der Waals surface area contributed by atoms with Crippen molar-refractivity contribution >= 4 is 23.6 Å². The fraction of sp³-hybridized carbons (Fsp3) is 0.455. The SMILES string of the molecule is CCNC(=O)[C@H](C)NC(=O)CSc1nccc(=O)[nH]1. The molecule has 7 nitrogen and oxygen atoms in total. The third kappa shape index (κ3) is 5.56. The summed E-state index contributed by atoms with van der Waals surface area (Å²) in [6.07, 6.45) is 1.37. The van der Waals surface area contributed by atoms with Crippen molar-refractivity contribution in [1.29, 1.82) is 0 Å². The molecule has 1 rings (SSSR count). The van der Waals surface area contributed by atoms with E-state index >= 15 is 0 Å². The second-order valence-corrected chi connectivity index (χ2v) is 4.68. The Labute approximate surface area is 114 Å². The first-order valence-corrected chi connectivity index (χ1v) is 6.76. The molecule has 104 valence electrons. The largest absolute Gasteiger partial charge is 0.355 e. The number of H-pyrrole nitrogens is 1. The number of aromatic amines is 1. The molecule has 0 aliphatic heterocycles. The van der Waals surface area contributed by atoms with Gasteiger partial charge >= 0.3 is 0 Å². The molecule has 0 saturated carbocycles. The molecular formula is C11H16N4O3S. The van der Waals surface area contributed by atoms with Gasteiger partial charge in [-0.05, 0) is 13.8 Å². The van der Waals surface area contributed by atoms with E-state index in [-0.39, 0.29) is 23.1 Å². The van der Waals surface area contributed by atoms with Gasteiger partial charge in [0.1, 0.15) is 6.04 Å². The van der Waals surface area contributed by atoms with Crippen molar-refractivity contribution in [2.75, 3.05) is 12.3 Å². The molecule has 3 N–H and O–H groups in total. The first-order valence-electron chi connectivity index (χ1n) is 5.78. The molecule has 0 spiro atoms. The average Bonchev–Trinajstić information content (AvgIpc) is 2.36. The Kier molecular flexibility index (Phi) is 6.07. The number of thioether (sulfide) groups is 1. The smallest absolute Gasteiger partial charge is 0.251 e. The summed E-state index contributed by atoms with van der Waals surface area (Å²) in [5.74, 6) is -0.446. The van der Waals surface area contributed by atoms with Crippen LogP contribution in [0.3, 0.4) is 0 Å². The van der Waals surface area contributed by atoms with Crippen LogP contribution in [0.1, 0.15) is 13.8 Å². The maximum Gasteiger partial charge on any atom is 0.251 e. The summed E-state index contributed by atoms with van der Waals surface area (Å²) in [4.78, 5) is 40.4. The Bertz CT molecular complexity index is 503. The number of nitrogens with one attached hydrogen (secondary N) is 3. The average molecular weight is 284 g/mol. The number of hydrogen-bond donors (Lipinski definition) is 3. The molecule has 1 atom stereocenters. The van der Waals surface area contributed by atoms with Gasteiger partial charge in [-0.25, -0.2) is 4.98 Å². The van der Waals surface area contributed by atoms with E-state index in [4.69, 9.17) is 0 Å². The van der Waals surface area contributed by atoms with Crippen molar-refractivity contribution in [3.05, 3.63) is 22.6 Å². The Morgan fingerprint density at radius 3 is 2.89 bits per heavy atom. The highest BCUT2D eigenvalue weighted by molar-refractivity contribution is 7.99. The van der Waals surface area contributed by atoms with Crippen LogP contribution in [-0.2, 0) is 9.59 Å². The van der Waals surface area contributed by atoms with Crippen molar-refractivity contribution in [2.24, 2.45) is 0 Å². The van der Waals surface area contributed by atoms with Gasteiger partial charge in [-0.15, -0.1) is 0 Å². The molecule has 1 aromatic heterocycles. The van der Waals surface area contributed by atoms with Gasteiger partial charge in [0.25, 0.3) is 5.56 Å². The lowest BCUT2D eigenvalue weighted by Crippen LogP contribution is -2.45. The van der Waals surface area contributed by atoms with E-state index in [0.29, 0.717) is 11.7 Å². The summed E-state index contributed by atoms with van der Waals surface area (Å²) in [6.45, 7) is 3.93. The summed E-state index contributed by atoms with van der Waals surface area (Å²) in [5, 5.41) is 5.54. The zero-order valence-electron chi connectivity index (χ0n) is 10.7. The third-order valence-corrected chi connectivity index (χ3v) is 3.00. The molecule has 0 aromatic carbocycles. The van der Waals surface area contributed by atoms with Crippen molar-refractivity contribution in [2.45, 2.75) is 25.0 Å². The molecule has 8 heteroatoms. The number of likely N-dealkylation sites (N-methyl/N-ethyl adjacent to an activating group) is 1. The standard InChI is InChI=1S/C11H16N4O3S/c1-3-12-10(18)7(2)14-9(17)6-19-11-13-5-4-8(16)15-11/h4-5,7H,3,6H2,1-2H3,(H,12,18)(H,14,17)(H,13,15,16)/t7-/m0/s1. The Balaban J connectivity index is 2.39. The summed E-state index contributed by atoms with van der Waals surface area (Å²) < 4.78 is 0. The summed E-state index contributed by atoms with van der Waals surface area (Å²) in [6, 6.07) is 0.706. The predicted molar refractivity (Wildman–Crippen MR) is 71.9 cm³/mol. The second-order valence-electron chi connectivity index (χ2n) is 3.71. The Hall–Kier alpha value is -1.83. The van der Waals surface area contributed by atoms with E-state index in [1.54, 1.807) is 13.8 Å². The van der Waals surface area contributed by atoms with E-state index in [9.17, 15) is 14.4 Å². The molecule has 1 heterocycles. The molecule has 19 heavy (non-hydrogen) atoms. The van der Waals surface area contributed by atoms with Crippen LogP contribution < -0.4 is 16.2 Å². The lowest BCUT2D eigenvalue weighted by atomic mass is 10.3. The van der Waals surface area contributed by atoms with Crippen LogP contribution in [0.25, 0.3) is 0 Å². The van der Waals surface area contributed by atoms with E-state index in [1.165, 1.54) is 12.3 Å². The highest BCUT2D eigenvalue weighted by Gasteiger charge is 2.14. The molecule has 0 radical (unpaired) electrons. The Morgan fingerprint density at radius 1 is 1.53 bits per heavy atom. The third-order valence-electron chi connectivity index (χ3n) is 2.11. The Morgan fingerprint density at radius 2 is 2.26 bits per heavy atom. The number of hydrogen-bond acceptors (Lipinski definition) is 5. The van der Waals surface area contributed by atoms with Crippen molar-refractivity contribution in [1.82, 2.24) is 20.6 Å². The lowest BCUT2D eigenvalue weighted by molar-refractivity contribution is -0.127. The van der Waals surface area contributed by atoms with Crippen LogP contribution in [0.4, 0.5) is 0 Å². The number of carbonyl (C=O) groups excluding carboxylic acids is 2. The van der Waals surface area contributed by atoms with Crippen LogP contribution in [0.15, 0.2) is 22.2 Å². The molecule has 0 saturated heterocycles. The van der Waals surface area contributed by atoms with Gasteiger partial charge in [0.05, 0.1) is 5.75 Å². The minimum Gasteiger partial charge on any atom is -0.355 e. The number of amides is 2. The van der Waals surface area contributed by atoms with Gasteiger partial charge < -0.3 is 15.6 Å². The van der Waals surface area contributed by atoms with Crippen LogP contribution in [0, 0.1) is 0 Å². The number of carbonyl (C=O) groups is 2. The number of nitrogens with zero attached hydrogens (tertiary/aromatic N) is 1. The monoisotopic (exact) mass is 284 g/mol. The first kappa shape index (κ1) is 15.2. The van der Waals surface area contributed by atoms with E-state index < -0.39 is 6.04 Å². The van der Waals surface area contributed by atoms with Crippen molar-refractivity contribution in [3.8, 4) is 0 Å². The van der Waals surface area contributed by atoms with E-state index in [0.717, 1.165) is 11.8 Å². The van der Waals surface area contributed by atoms with Crippen LogP contribution in [0.5, 0.6) is 0 Å². The van der Waals surface area contributed by atoms with Gasteiger partial charge in [0, 0.05) is 18.8 Å². The second kappa shape index (κ2) is 7.57. The first-order chi connectivity index (χ1) is 9.02. The molecule has 1 aromatic rings. The predicted octanol–water partition coefficient (Wildman–Crippen LogP) is -0.497. The van der Waals surface area contributed by atoms with Crippen LogP contribution in [0.2, 0.25) is 0 Å². The maximum atomic E-state index is 11.6. The fourth-order valence-corrected chi connectivity index (χ4v) is 1.89. The summed E-state index contributed by atoms with van der Waals surface area (Å²) >= 11 is 1.10. The zero-order chi connectivity index (χ0) is 14.3. The molecule has 2 amide bonds. The zero-order valence-corrected chi connectivity index (χ0v) is 11.5. The van der Waals surface area contributed by atoms with Gasteiger partial charge in [-0.2, -0.15) is 0 Å². The molecule has 0 bridgehead atoms. The van der Waals surface area contributed by atoms with Gasteiger partial charge in [-0.3, -0.25) is 14.4 Å². The van der Waals surface area contributed by atoms with Crippen molar-refractivity contribution < 1.29 is 9.59 Å². The lowest BCUT2D eigenvalue weighted by Gasteiger charge is -2.12. The topological polar surface area (TPSA) is 104 Å². The molecular weight excluding hydrogens is 268 g/mol. The minimum absolute atomic E-state index is 0.0801. The molecule has 0 aliphatic rings. The number of aromatic nitrogens is 2. The van der Waals surface area contributed by atoms with Crippen LogP contribution >= 0.6 is 11.8 Å². The fourth-order valence-electron chi connectivity index (χ4n) is 1.24.